The van der Waals surface area contributed by atoms with Crippen molar-refractivity contribution in [1.82, 2.24) is 4.90 Å². The van der Waals surface area contributed by atoms with Gasteiger partial charge in [0, 0.05) is 12.1 Å². The van der Waals surface area contributed by atoms with Gasteiger partial charge in [-0.25, -0.2) is 0 Å². The molecule has 0 N–H and O–H groups in total. The maximum atomic E-state index is 13.1. The van der Waals surface area contributed by atoms with Gasteiger partial charge in [0.05, 0.1) is 28.9 Å². The third kappa shape index (κ3) is 5.76. The van der Waals surface area contributed by atoms with Crippen molar-refractivity contribution in [2.24, 2.45) is 10.2 Å². The number of non-ortho nitro benzene ring substituents is 1. The number of amidine groups is 1. The minimum atomic E-state index is -0.464. The van der Waals surface area contributed by atoms with E-state index in [0.717, 1.165) is 11.1 Å². The van der Waals surface area contributed by atoms with Crippen molar-refractivity contribution in [3.05, 3.63) is 110 Å². The lowest BCUT2D eigenvalue weighted by atomic mass is 10.1. The zero-order valence-corrected chi connectivity index (χ0v) is 19.0. The fraction of sp³-hybridized carbons (Fsp3) is 0.0800. The Morgan fingerprint density at radius 3 is 2.53 bits per heavy atom. The molecule has 8 nitrogen and oxygen atoms in total. The Morgan fingerprint density at radius 1 is 1.09 bits per heavy atom. The van der Waals surface area contributed by atoms with Gasteiger partial charge in [0.1, 0.15) is 5.76 Å². The van der Waals surface area contributed by atoms with E-state index in [9.17, 15) is 14.9 Å². The average molecular weight is 473 g/mol. The van der Waals surface area contributed by atoms with Crippen LogP contribution in [0.1, 0.15) is 23.8 Å². The molecule has 9 heteroatoms. The molecule has 0 aliphatic carbocycles. The summed E-state index contributed by atoms with van der Waals surface area (Å²) in [5.74, 6) is 0.368. The highest BCUT2D eigenvalue weighted by atomic mass is 32.2. The van der Waals surface area contributed by atoms with E-state index in [0.29, 0.717) is 21.4 Å². The predicted molar refractivity (Wildman–Crippen MR) is 134 cm³/mol. The van der Waals surface area contributed by atoms with Crippen molar-refractivity contribution in [3.63, 3.8) is 0 Å². The molecule has 0 atom stereocenters. The van der Waals surface area contributed by atoms with Gasteiger partial charge in [-0.1, -0.05) is 36.4 Å². The highest BCUT2D eigenvalue weighted by Gasteiger charge is 2.34. The number of allylic oxidation sites excluding steroid dienone is 1. The Balaban J connectivity index is 1.57. The lowest BCUT2D eigenvalue weighted by Gasteiger charge is -2.12. The van der Waals surface area contributed by atoms with Gasteiger partial charge in [-0.2, -0.15) is 5.10 Å². The van der Waals surface area contributed by atoms with Crippen molar-refractivity contribution in [3.8, 4) is 0 Å². The number of carbonyl (C=O) groups is 1. The maximum Gasteiger partial charge on any atom is 0.269 e. The highest BCUT2D eigenvalue weighted by Crippen LogP contribution is 2.34. The van der Waals surface area contributed by atoms with Gasteiger partial charge in [-0.3, -0.25) is 19.8 Å². The van der Waals surface area contributed by atoms with Crippen molar-refractivity contribution < 1.29 is 14.1 Å². The molecule has 1 aliphatic heterocycles. The van der Waals surface area contributed by atoms with Crippen LogP contribution in [0.15, 0.2) is 98.1 Å². The number of furan rings is 1. The van der Waals surface area contributed by atoms with Gasteiger partial charge in [-0.05, 0) is 65.7 Å². The van der Waals surface area contributed by atoms with Crippen LogP contribution in [0.2, 0.25) is 0 Å². The minimum absolute atomic E-state index is 0.0116. The first kappa shape index (κ1) is 22.9. The number of nitrogens with zero attached hydrogens (tertiary/aromatic N) is 4. The molecule has 1 fully saturated rings. The molecule has 34 heavy (non-hydrogen) atoms. The molecule has 0 radical (unpaired) electrons. The average Bonchev–Trinajstić information content (AvgIpc) is 3.44. The molecule has 2 heterocycles. The number of hydrogen-bond donors (Lipinski definition) is 0. The third-order valence-electron chi connectivity index (χ3n) is 4.78. The molecule has 1 amide bonds. The van der Waals surface area contributed by atoms with Crippen LogP contribution < -0.4 is 0 Å². The Labute approximate surface area is 200 Å². The van der Waals surface area contributed by atoms with E-state index >= 15 is 0 Å². The van der Waals surface area contributed by atoms with Crippen molar-refractivity contribution >= 4 is 46.9 Å². The fourth-order valence-electron chi connectivity index (χ4n) is 3.14. The molecule has 2 aromatic carbocycles. The summed E-state index contributed by atoms with van der Waals surface area (Å²) in [5.41, 5.74) is 2.62. The Hall–Kier alpha value is -4.24. The molecule has 1 saturated heterocycles. The largest absolute Gasteiger partial charge is 0.467 e. The quantitative estimate of drug-likeness (QED) is 0.189. The van der Waals surface area contributed by atoms with E-state index in [2.05, 4.69) is 10.2 Å². The van der Waals surface area contributed by atoms with Crippen molar-refractivity contribution in [2.45, 2.75) is 13.5 Å². The van der Waals surface area contributed by atoms with Gasteiger partial charge in [0.25, 0.3) is 11.6 Å². The zero-order chi connectivity index (χ0) is 23.9. The number of nitro groups is 1. The second-order valence-electron chi connectivity index (χ2n) is 7.36. The van der Waals surface area contributed by atoms with Crippen molar-refractivity contribution in [1.29, 1.82) is 0 Å². The first-order valence-electron chi connectivity index (χ1n) is 10.3. The lowest BCUT2D eigenvalue weighted by Crippen LogP contribution is -2.28. The molecule has 1 aromatic heterocycles. The van der Waals surface area contributed by atoms with Gasteiger partial charge in [-0.15, -0.1) is 5.10 Å². The van der Waals surface area contributed by atoms with Crippen LogP contribution in [0.5, 0.6) is 0 Å². The monoisotopic (exact) mass is 472 g/mol. The van der Waals surface area contributed by atoms with Gasteiger partial charge in [0.15, 0.2) is 5.17 Å². The summed E-state index contributed by atoms with van der Waals surface area (Å²) < 4.78 is 5.40. The summed E-state index contributed by atoms with van der Waals surface area (Å²) >= 11 is 1.19. The Kier molecular flexibility index (Phi) is 7.14. The zero-order valence-electron chi connectivity index (χ0n) is 18.2. The van der Waals surface area contributed by atoms with Gasteiger partial charge < -0.3 is 4.42 Å². The summed E-state index contributed by atoms with van der Waals surface area (Å²) in [6.45, 7) is 2.13. The summed E-state index contributed by atoms with van der Waals surface area (Å²) in [4.78, 5) is 25.4. The molecule has 0 saturated carbocycles. The van der Waals surface area contributed by atoms with E-state index < -0.39 is 4.92 Å². The summed E-state index contributed by atoms with van der Waals surface area (Å²) in [6, 6.07) is 19.4. The second-order valence-corrected chi connectivity index (χ2v) is 8.37. The predicted octanol–water partition coefficient (Wildman–Crippen LogP) is 5.75. The van der Waals surface area contributed by atoms with Crippen LogP contribution in [0, 0.1) is 10.1 Å². The van der Waals surface area contributed by atoms with Crippen LogP contribution in [-0.4, -0.2) is 27.1 Å². The van der Waals surface area contributed by atoms with Gasteiger partial charge >= 0.3 is 0 Å². The Bertz CT molecular complexity index is 1290. The molecule has 3 aromatic rings. The maximum absolute atomic E-state index is 13.1. The molecule has 1 aliphatic rings. The first-order valence-corrected chi connectivity index (χ1v) is 11.1. The van der Waals surface area contributed by atoms with Crippen LogP contribution in [0.25, 0.3) is 12.2 Å². The van der Waals surface area contributed by atoms with Crippen LogP contribution in [0.4, 0.5) is 5.69 Å². The lowest BCUT2D eigenvalue weighted by molar-refractivity contribution is -0.384. The number of rotatable bonds is 7. The van der Waals surface area contributed by atoms with E-state index in [1.165, 1.54) is 28.8 Å². The molecule has 0 bridgehead atoms. The number of nitro benzene ring substituents is 1. The highest BCUT2D eigenvalue weighted by molar-refractivity contribution is 8.18. The van der Waals surface area contributed by atoms with Crippen LogP contribution in [-0.2, 0) is 11.3 Å². The summed E-state index contributed by atoms with van der Waals surface area (Å²) in [5, 5.41) is 19.8. The number of thioether (sulfide) groups is 1. The topological polar surface area (TPSA) is 101 Å². The molecular weight excluding hydrogens is 452 g/mol. The number of hydrogen-bond acceptors (Lipinski definition) is 7. The second kappa shape index (κ2) is 10.6. The summed E-state index contributed by atoms with van der Waals surface area (Å²) in [7, 11) is 0. The number of carbonyl (C=O) groups excluding carboxylic acids is 1. The minimum Gasteiger partial charge on any atom is -0.467 e. The van der Waals surface area contributed by atoms with E-state index in [-0.39, 0.29) is 18.1 Å². The van der Waals surface area contributed by atoms with Crippen LogP contribution in [0.3, 0.4) is 0 Å². The smallest absolute Gasteiger partial charge is 0.269 e. The normalized spacial score (nSPS) is 16.8. The standard InChI is InChI=1S/C25H20N4O4S/c1-18(14-19-6-3-2-4-7-19)16-26-27-25-28(17-22-8-5-13-33-22)24(30)23(34-25)15-20-9-11-21(12-10-20)29(31)32/h2-16H,17H2,1H3/b18-14+,23-15-,26-16+,27-25-. The number of amides is 1. The van der Waals surface area contributed by atoms with Crippen LogP contribution >= 0.6 is 11.8 Å². The van der Waals surface area contributed by atoms with E-state index in [1.807, 2.05) is 43.3 Å². The molecule has 4 rings (SSSR count). The summed E-state index contributed by atoms with van der Waals surface area (Å²) in [6.07, 6.45) is 6.84. The third-order valence-corrected chi connectivity index (χ3v) is 5.78. The number of benzene rings is 2. The first-order chi connectivity index (χ1) is 16.5. The molecule has 0 spiro atoms. The van der Waals surface area contributed by atoms with Gasteiger partial charge in [0.2, 0.25) is 0 Å². The molecular formula is C25H20N4O4S. The van der Waals surface area contributed by atoms with Crippen molar-refractivity contribution in [2.75, 3.05) is 0 Å². The van der Waals surface area contributed by atoms with E-state index in [4.69, 9.17) is 4.42 Å². The van der Waals surface area contributed by atoms with E-state index in [1.54, 1.807) is 42.8 Å². The Morgan fingerprint density at radius 2 is 1.85 bits per heavy atom. The SMILES string of the molecule is CC(/C=N/N=C1\S/C(=C\c2ccc([N+](=O)[O-])cc2)C(=O)N1Cc1ccco1)=C\c1ccccc1. The molecule has 170 valence electrons. The molecule has 0 unspecified atom stereocenters. The fourth-order valence-corrected chi connectivity index (χ4v) is 4.08.